The van der Waals surface area contributed by atoms with E-state index in [4.69, 9.17) is 129 Å². The van der Waals surface area contributed by atoms with Crippen LogP contribution in [-0.2, 0) is 6.42 Å². The number of benzene rings is 7. The monoisotopic (exact) mass is 826 g/mol. The average molecular weight is 824 g/mol. The number of hydrogen-bond donors (Lipinski definition) is 4. The highest BCUT2D eigenvalue weighted by atomic mass is 16.3. The third-order valence-corrected chi connectivity index (χ3v) is 12.1. The van der Waals surface area contributed by atoms with Crippen molar-refractivity contribution in [3.05, 3.63) is 64.5 Å². The second-order valence-electron chi connectivity index (χ2n) is 15.7. The van der Waals surface area contributed by atoms with Gasteiger partial charge < -0.3 is 20.4 Å². The molecule has 280 valence electrons. The van der Waals surface area contributed by atoms with Gasteiger partial charge in [0.1, 0.15) is 129 Å². The average Bonchev–Trinajstić information content (AvgIpc) is 3.70. The third-order valence-electron chi connectivity index (χ3n) is 12.1. The van der Waals surface area contributed by atoms with Crippen molar-refractivity contribution < 1.29 is 20.4 Å². The van der Waals surface area contributed by atoms with Crippen molar-refractivity contribution in [2.24, 2.45) is 0 Å². The summed E-state index contributed by atoms with van der Waals surface area (Å²) in [6.45, 7) is 0. The number of fused-ring (bicyclic) bond motifs is 2. The van der Waals surface area contributed by atoms with Gasteiger partial charge in [0, 0.05) is 16.6 Å². The summed E-state index contributed by atoms with van der Waals surface area (Å²) in [6.07, 6.45) is 9.08. The van der Waals surface area contributed by atoms with E-state index in [1.165, 1.54) is 6.08 Å². The molecule has 1 heterocycles. The van der Waals surface area contributed by atoms with Crippen LogP contribution >= 0.6 is 0 Å². The Morgan fingerprint density at radius 2 is 0.955 bits per heavy atom. The first-order chi connectivity index (χ1) is 31.7. The molecular weight excluding hydrogens is 807 g/mol. The maximum Gasteiger partial charge on any atom is 0.199 e. The van der Waals surface area contributed by atoms with Crippen molar-refractivity contribution in [3.8, 4) is 74.7 Å². The molecule has 4 N–H and O–H groups in total. The molecule has 21 heteroatoms. The molecule has 0 aliphatic carbocycles. The Morgan fingerprint density at radius 1 is 0.478 bits per heavy atom. The largest absolute Gasteiger partial charge is 0.508 e. The molecule has 0 fully saturated rings. The Morgan fingerprint density at radius 3 is 1.54 bits per heavy atom. The van der Waals surface area contributed by atoms with Crippen LogP contribution in [0.15, 0.2) is 48.5 Å². The fourth-order valence-electron chi connectivity index (χ4n) is 8.58. The zero-order chi connectivity index (χ0) is 48.8. The Hall–Kier alpha value is -6.26. The summed E-state index contributed by atoms with van der Waals surface area (Å²) in [5.41, 5.74) is -0.358. The third kappa shape index (κ3) is 7.08. The molecule has 1 aromatic heterocycles. The number of nitrogens with zero attached hydrogens (tertiary/aromatic N) is 2. The van der Waals surface area contributed by atoms with Crippen LogP contribution in [0, 0.1) is 12.3 Å². The maximum absolute atomic E-state index is 12.2. The number of para-hydroxylation sites is 2. The molecule has 0 aliphatic heterocycles. The van der Waals surface area contributed by atoms with E-state index in [9.17, 15) is 20.4 Å². The van der Waals surface area contributed by atoms with Gasteiger partial charge in [0.2, 0.25) is 0 Å². The van der Waals surface area contributed by atoms with E-state index in [0.29, 0.717) is 28.0 Å². The summed E-state index contributed by atoms with van der Waals surface area (Å²) in [4.78, 5) is 5.02. The summed E-state index contributed by atoms with van der Waals surface area (Å²) >= 11 is 0. The number of phenols is 4. The predicted molar refractivity (Wildman–Crippen MR) is 290 cm³/mol. The normalized spacial score (nSPS) is 12.0. The number of aromatic hydroxyl groups is 4. The number of imidazole rings is 1. The van der Waals surface area contributed by atoms with Crippen molar-refractivity contribution in [3.63, 3.8) is 0 Å². The highest BCUT2D eigenvalue weighted by Crippen LogP contribution is 2.38. The van der Waals surface area contributed by atoms with Gasteiger partial charge in [-0.05, 0) is 79.2 Å². The van der Waals surface area contributed by atoms with Crippen molar-refractivity contribution in [2.75, 3.05) is 0 Å². The Labute approximate surface area is 407 Å². The highest BCUT2D eigenvalue weighted by Gasteiger charge is 2.28. The quantitative estimate of drug-likeness (QED) is 0.0760. The number of terminal acetylenes is 1. The number of aromatic nitrogens is 2. The molecule has 67 heavy (non-hydrogen) atoms. The number of hydrogen-bond acceptors (Lipinski definition) is 5. The Bertz CT molecular complexity index is 3610. The van der Waals surface area contributed by atoms with Crippen molar-refractivity contribution in [2.45, 2.75) is 6.42 Å². The lowest BCUT2D eigenvalue weighted by Gasteiger charge is -2.28. The first-order valence-electron chi connectivity index (χ1n) is 19.9. The molecule has 0 saturated heterocycles. The summed E-state index contributed by atoms with van der Waals surface area (Å²) < 4.78 is 1.72. The standard InChI is InChI=1S/C46H17B15N2O4/c1-2-7-16-17(13-12-14-8-3-4-9-15(14)46-62-18-10-5-6-11-19(18)63(46)41-38(59)36(57)35(56)37(58)39(41)60)21(25-29(50)43(65)45(67)44(66)30(25)51)23-22(26(47)33(54)40(61)42(23)64)20(16)24-27(48)31(52)34(55)32(53)28(24)49/h1,3-11,13,64-67H,12H2/b16-7+,17-13+. The Balaban J connectivity index is 1.59. The van der Waals surface area contributed by atoms with E-state index >= 15 is 0 Å². The summed E-state index contributed by atoms with van der Waals surface area (Å²) in [7, 11) is 97.7. The lowest BCUT2D eigenvalue weighted by Crippen LogP contribution is -2.56. The SMILES string of the molecule is [B]c1c([B])c([B])c(-c2c(=C/C#C)/c(=C\Cc3ccccc3-c3nc4ccccc4n3-c3c([B])c([B])c([B])c([B])c3[B])c(-c3c([B])c(O)c(O)c(O)c3[B])c3c(O)c([B])c([B])c([B])c23)c([B])c1[B]. The Kier molecular flexibility index (Phi) is 12.3. The van der Waals surface area contributed by atoms with E-state index in [2.05, 4.69) is 5.92 Å². The van der Waals surface area contributed by atoms with Crippen molar-refractivity contribution in [1.29, 1.82) is 0 Å². The number of phenolic OH excluding ortho intramolecular Hbond substituents is 4. The fourth-order valence-corrected chi connectivity index (χ4v) is 8.58. The van der Waals surface area contributed by atoms with Gasteiger partial charge in [0.25, 0.3) is 0 Å². The van der Waals surface area contributed by atoms with E-state index < -0.39 is 33.9 Å². The minimum atomic E-state index is -1.02. The van der Waals surface area contributed by atoms with Gasteiger partial charge in [-0.25, -0.2) is 4.98 Å². The molecule has 0 atom stereocenters. The van der Waals surface area contributed by atoms with Gasteiger partial charge >= 0.3 is 0 Å². The molecular formula is C46H17B15N2O4. The van der Waals surface area contributed by atoms with Crippen LogP contribution in [0.5, 0.6) is 23.0 Å². The minimum Gasteiger partial charge on any atom is -0.508 e. The van der Waals surface area contributed by atoms with Crippen molar-refractivity contribution in [1.82, 2.24) is 9.55 Å². The molecule has 8 aromatic rings. The first-order valence-corrected chi connectivity index (χ1v) is 19.9. The molecule has 0 amide bonds. The molecule has 8 rings (SSSR count). The minimum absolute atomic E-state index is 0.0177. The molecule has 30 radical (unpaired) electrons. The molecule has 0 spiro atoms. The predicted octanol–water partition coefficient (Wildman–Crippen LogP) is -9.65. The van der Waals surface area contributed by atoms with Crippen LogP contribution < -0.4 is 92.4 Å². The molecule has 0 unspecified atom stereocenters. The molecule has 0 aliphatic rings. The number of rotatable bonds is 6. The van der Waals surface area contributed by atoms with Gasteiger partial charge in [-0.15, -0.1) is 44.7 Å². The van der Waals surface area contributed by atoms with Crippen LogP contribution in [0.3, 0.4) is 0 Å². The van der Waals surface area contributed by atoms with Crippen LogP contribution in [0.4, 0.5) is 0 Å². The zero-order valence-electron chi connectivity index (χ0n) is 35.4. The topological polar surface area (TPSA) is 98.7 Å². The highest BCUT2D eigenvalue weighted by molar-refractivity contribution is 6.70. The summed E-state index contributed by atoms with van der Waals surface area (Å²) in [6, 6.07) is 14.4. The van der Waals surface area contributed by atoms with Crippen LogP contribution in [-0.4, -0.2) is 148 Å². The molecule has 7 aromatic carbocycles. The first kappa shape index (κ1) is 47.2. The summed E-state index contributed by atoms with van der Waals surface area (Å²) in [5.74, 6) is -0.707. The molecule has 0 saturated carbocycles. The van der Waals surface area contributed by atoms with E-state index in [1.54, 1.807) is 28.8 Å². The van der Waals surface area contributed by atoms with Crippen molar-refractivity contribution >= 4 is 234 Å². The second kappa shape index (κ2) is 17.4. The van der Waals surface area contributed by atoms with Gasteiger partial charge in [0.15, 0.2) is 17.2 Å². The van der Waals surface area contributed by atoms with Gasteiger partial charge in [0.05, 0.1) is 11.0 Å². The van der Waals surface area contributed by atoms with E-state index in [0.717, 1.165) is 0 Å². The van der Waals surface area contributed by atoms with E-state index in [-0.39, 0.29) is 127 Å². The lowest BCUT2D eigenvalue weighted by molar-refractivity contribution is 0.372. The zero-order valence-corrected chi connectivity index (χ0v) is 35.4. The van der Waals surface area contributed by atoms with Gasteiger partial charge in [-0.3, -0.25) is 4.57 Å². The van der Waals surface area contributed by atoms with Crippen LogP contribution in [0.1, 0.15) is 5.56 Å². The van der Waals surface area contributed by atoms with Crippen LogP contribution in [0.2, 0.25) is 0 Å². The lowest BCUT2D eigenvalue weighted by atomic mass is 9.58. The maximum atomic E-state index is 12.2. The molecule has 0 bridgehead atoms. The van der Waals surface area contributed by atoms with Crippen LogP contribution in [0.25, 0.3) is 73.3 Å². The smallest absolute Gasteiger partial charge is 0.199 e. The second-order valence-corrected chi connectivity index (χ2v) is 15.7. The van der Waals surface area contributed by atoms with E-state index in [1.807, 2.05) is 30.3 Å². The molecule has 6 nitrogen and oxygen atoms in total. The fraction of sp³-hybridized carbons (Fsp3) is 0.0217. The summed E-state index contributed by atoms with van der Waals surface area (Å²) in [5, 5.41) is 45.1. The van der Waals surface area contributed by atoms with Gasteiger partial charge in [-0.2, -0.15) is 0 Å². The van der Waals surface area contributed by atoms with Gasteiger partial charge in [-0.1, -0.05) is 81.2 Å².